The Morgan fingerprint density at radius 2 is 2.29 bits per heavy atom. The van der Waals surface area contributed by atoms with Gasteiger partial charge in [-0.2, -0.15) is 0 Å². The van der Waals surface area contributed by atoms with Gasteiger partial charge >= 0.3 is 6.09 Å². The predicted octanol–water partition coefficient (Wildman–Crippen LogP) is 1.89. The van der Waals surface area contributed by atoms with E-state index in [2.05, 4.69) is 31.8 Å². The van der Waals surface area contributed by atoms with Gasteiger partial charge in [-0.25, -0.2) is 4.79 Å². The molecule has 0 spiro atoms. The molecule has 2 aromatic rings. The molecule has 0 aromatic carbocycles. The van der Waals surface area contributed by atoms with Crippen molar-refractivity contribution in [1.82, 2.24) is 25.1 Å². The Balaban J connectivity index is 2.21. The molecule has 0 aliphatic rings. The van der Waals surface area contributed by atoms with E-state index in [1.807, 2.05) is 16.7 Å². The molecular formula is C15H17N5O3S. The van der Waals surface area contributed by atoms with Gasteiger partial charge in [0.05, 0.1) is 12.4 Å². The van der Waals surface area contributed by atoms with E-state index in [0.29, 0.717) is 17.5 Å². The standard InChI is InChI=1S/C15H17N5O3S/c1-4-8-20-12(11-6-5-7-16-9-11)18-19-14(20)24-10(2)13(21)17-15(22)23-3/h4-7,9-10H,1,8H2,2-3H3,(H,17,21,22)/t10-/m0/s1. The normalized spacial score (nSPS) is 11.6. The molecule has 0 unspecified atom stereocenters. The summed E-state index contributed by atoms with van der Waals surface area (Å²) in [5.74, 6) is 0.161. The summed E-state index contributed by atoms with van der Waals surface area (Å²) in [4.78, 5) is 27.1. The lowest BCUT2D eigenvalue weighted by atomic mass is 10.3. The largest absolute Gasteiger partial charge is 0.453 e. The number of pyridine rings is 1. The van der Waals surface area contributed by atoms with Gasteiger partial charge in [0.2, 0.25) is 5.91 Å². The molecule has 1 N–H and O–H groups in total. The fourth-order valence-corrected chi connectivity index (χ4v) is 2.70. The fourth-order valence-electron chi connectivity index (χ4n) is 1.84. The van der Waals surface area contributed by atoms with Crippen LogP contribution in [0.4, 0.5) is 4.79 Å². The number of nitrogens with one attached hydrogen (secondary N) is 1. The van der Waals surface area contributed by atoms with Crippen molar-refractivity contribution in [1.29, 1.82) is 0 Å². The number of allylic oxidation sites excluding steroid dienone is 1. The summed E-state index contributed by atoms with van der Waals surface area (Å²) in [6.07, 6.45) is 4.28. The van der Waals surface area contributed by atoms with Crippen LogP contribution < -0.4 is 5.32 Å². The SMILES string of the molecule is C=CCn1c(S[C@@H](C)C(=O)NC(=O)OC)nnc1-c1cccnc1. The average molecular weight is 347 g/mol. The van der Waals surface area contributed by atoms with Crippen LogP contribution in [0.15, 0.2) is 42.3 Å². The van der Waals surface area contributed by atoms with Gasteiger partial charge in [-0.1, -0.05) is 17.8 Å². The molecule has 0 aliphatic heterocycles. The molecule has 0 fully saturated rings. The van der Waals surface area contributed by atoms with Crippen molar-refractivity contribution < 1.29 is 14.3 Å². The Morgan fingerprint density at radius 3 is 2.92 bits per heavy atom. The van der Waals surface area contributed by atoms with Crippen molar-refractivity contribution in [2.24, 2.45) is 0 Å². The number of hydrogen-bond acceptors (Lipinski definition) is 7. The number of nitrogens with zero attached hydrogens (tertiary/aromatic N) is 4. The molecule has 0 bridgehead atoms. The van der Waals surface area contributed by atoms with E-state index in [1.165, 1.54) is 18.9 Å². The Morgan fingerprint density at radius 1 is 1.50 bits per heavy atom. The van der Waals surface area contributed by atoms with E-state index in [9.17, 15) is 9.59 Å². The second-order valence-electron chi connectivity index (χ2n) is 4.69. The van der Waals surface area contributed by atoms with Crippen LogP contribution in [0.1, 0.15) is 6.92 Å². The van der Waals surface area contributed by atoms with Gasteiger partial charge in [0.25, 0.3) is 0 Å². The molecule has 2 heterocycles. The summed E-state index contributed by atoms with van der Waals surface area (Å²) in [6, 6.07) is 3.68. The molecule has 0 saturated heterocycles. The lowest BCUT2D eigenvalue weighted by molar-refractivity contribution is -0.119. The molecule has 126 valence electrons. The van der Waals surface area contributed by atoms with Crippen LogP contribution >= 0.6 is 11.8 Å². The number of amides is 2. The zero-order valence-corrected chi connectivity index (χ0v) is 14.1. The third-order valence-corrected chi connectivity index (χ3v) is 4.09. The Hall–Kier alpha value is -2.68. The maximum atomic E-state index is 11.9. The van der Waals surface area contributed by atoms with Crippen molar-refractivity contribution in [3.8, 4) is 11.4 Å². The number of methoxy groups -OCH3 is 1. The van der Waals surface area contributed by atoms with Gasteiger partial charge in [0, 0.05) is 24.5 Å². The number of aromatic nitrogens is 4. The molecule has 24 heavy (non-hydrogen) atoms. The fraction of sp³-hybridized carbons (Fsp3) is 0.267. The molecule has 1 atom stereocenters. The van der Waals surface area contributed by atoms with Crippen molar-refractivity contribution in [3.63, 3.8) is 0 Å². The molecule has 8 nitrogen and oxygen atoms in total. The number of imide groups is 1. The summed E-state index contributed by atoms with van der Waals surface area (Å²) in [5.41, 5.74) is 0.811. The van der Waals surface area contributed by atoms with Gasteiger partial charge in [-0.15, -0.1) is 16.8 Å². The summed E-state index contributed by atoms with van der Waals surface area (Å²) in [6.45, 7) is 5.88. The van der Waals surface area contributed by atoms with Gasteiger partial charge in [-0.3, -0.25) is 19.7 Å². The van der Waals surface area contributed by atoms with Crippen LogP contribution in [-0.4, -0.2) is 44.1 Å². The lowest BCUT2D eigenvalue weighted by Crippen LogP contribution is -2.36. The lowest BCUT2D eigenvalue weighted by Gasteiger charge is -2.11. The number of rotatable bonds is 6. The van der Waals surface area contributed by atoms with Crippen molar-refractivity contribution in [2.45, 2.75) is 23.9 Å². The molecule has 2 rings (SSSR count). The molecule has 0 radical (unpaired) electrons. The zero-order valence-electron chi connectivity index (χ0n) is 13.3. The molecular weight excluding hydrogens is 330 g/mol. The van der Waals surface area contributed by atoms with Gasteiger partial charge in [0.1, 0.15) is 0 Å². The third kappa shape index (κ3) is 4.19. The van der Waals surface area contributed by atoms with Crippen LogP contribution in [0.3, 0.4) is 0 Å². The average Bonchev–Trinajstić information content (AvgIpc) is 2.98. The second-order valence-corrected chi connectivity index (χ2v) is 6.00. The molecule has 0 saturated carbocycles. The van der Waals surface area contributed by atoms with E-state index in [0.717, 1.165) is 5.56 Å². The molecule has 0 aliphatic carbocycles. The van der Waals surface area contributed by atoms with E-state index < -0.39 is 17.3 Å². The highest BCUT2D eigenvalue weighted by Gasteiger charge is 2.22. The summed E-state index contributed by atoms with van der Waals surface area (Å²) < 4.78 is 6.24. The first-order valence-electron chi connectivity index (χ1n) is 7.06. The monoisotopic (exact) mass is 347 g/mol. The quantitative estimate of drug-likeness (QED) is 0.629. The maximum Gasteiger partial charge on any atom is 0.413 e. The highest BCUT2D eigenvalue weighted by atomic mass is 32.2. The van der Waals surface area contributed by atoms with Gasteiger partial charge in [-0.05, 0) is 19.1 Å². The molecule has 2 amide bonds. The number of alkyl carbamates (subject to hydrolysis) is 1. The van der Waals surface area contributed by atoms with Gasteiger partial charge < -0.3 is 4.74 Å². The number of hydrogen-bond donors (Lipinski definition) is 1. The van der Waals surface area contributed by atoms with Gasteiger partial charge in [0.15, 0.2) is 11.0 Å². The van der Waals surface area contributed by atoms with E-state index in [1.54, 1.807) is 25.4 Å². The minimum Gasteiger partial charge on any atom is -0.453 e. The zero-order chi connectivity index (χ0) is 17.5. The van der Waals surface area contributed by atoms with Crippen molar-refractivity contribution in [3.05, 3.63) is 37.2 Å². The smallest absolute Gasteiger partial charge is 0.413 e. The number of thioether (sulfide) groups is 1. The van der Waals surface area contributed by atoms with Crippen LogP contribution in [-0.2, 0) is 16.1 Å². The number of ether oxygens (including phenoxy) is 1. The first-order valence-corrected chi connectivity index (χ1v) is 7.94. The van der Waals surface area contributed by atoms with E-state index >= 15 is 0 Å². The van der Waals surface area contributed by atoms with Crippen LogP contribution in [0.2, 0.25) is 0 Å². The Labute approximate surface area is 143 Å². The number of carbonyl (C=O) groups excluding carboxylic acids is 2. The first kappa shape index (κ1) is 17.7. The molecule has 9 heteroatoms. The minimum atomic E-state index is -0.795. The summed E-state index contributed by atoms with van der Waals surface area (Å²) in [5, 5.41) is 10.4. The highest BCUT2D eigenvalue weighted by molar-refractivity contribution is 8.00. The summed E-state index contributed by atoms with van der Waals surface area (Å²) >= 11 is 1.19. The van der Waals surface area contributed by atoms with E-state index in [-0.39, 0.29) is 0 Å². The van der Waals surface area contributed by atoms with Crippen LogP contribution in [0.5, 0.6) is 0 Å². The molecule has 2 aromatic heterocycles. The third-order valence-electron chi connectivity index (χ3n) is 3.01. The minimum absolute atomic E-state index is 0.470. The van der Waals surface area contributed by atoms with E-state index in [4.69, 9.17) is 0 Å². The number of carbonyl (C=O) groups is 2. The predicted molar refractivity (Wildman–Crippen MR) is 89.3 cm³/mol. The second kappa shape index (κ2) is 8.25. The highest BCUT2D eigenvalue weighted by Crippen LogP contribution is 2.26. The maximum absolute atomic E-state index is 11.9. The first-order chi connectivity index (χ1) is 11.6. The topological polar surface area (TPSA) is 99.0 Å². The van der Waals surface area contributed by atoms with Crippen molar-refractivity contribution in [2.75, 3.05) is 7.11 Å². The van der Waals surface area contributed by atoms with Crippen LogP contribution in [0, 0.1) is 0 Å². The Kier molecular flexibility index (Phi) is 6.07. The Bertz CT molecular complexity index is 732. The van der Waals surface area contributed by atoms with Crippen LogP contribution in [0.25, 0.3) is 11.4 Å². The summed E-state index contributed by atoms with van der Waals surface area (Å²) in [7, 11) is 1.20. The van der Waals surface area contributed by atoms with Crippen molar-refractivity contribution >= 4 is 23.8 Å².